The maximum absolute atomic E-state index is 12.0. The Kier molecular flexibility index (Phi) is 4.25. The van der Waals surface area contributed by atoms with E-state index >= 15 is 0 Å². The average Bonchev–Trinajstić information content (AvgIpc) is 2.29. The second-order valence-corrected chi connectivity index (χ2v) is 5.88. The SMILES string of the molecule is C[C@H]1CCCN(C(=O)Nc2cccc(I)c2)C1. The van der Waals surface area contributed by atoms with Crippen LogP contribution in [0, 0.1) is 9.49 Å². The Morgan fingerprint density at radius 2 is 2.35 bits per heavy atom. The fraction of sp³-hybridized carbons (Fsp3) is 0.462. The lowest BCUT2D eigenvalue weighted by atomic mass is 10.0. The molecule has 2 amide bonds. The number of urea groups is 1. The fourth-order valence-corrected chi connectivity index (χ4v) is 2.69. The molecule has 92 valence electrons. The molecule has 0 radical (unpaired) electrons. The normalized spacial score (nSPS) is 20.1. The van der Waals surface area contributed by atoms with Gasteiger partial charge in [0.25, 0.3) is 0 Å². The lowest BCUT2D eigenvalue weighted by molar-refractivity contribution is 0.182. The molecule has 1 saturated heterocycles. The summed E-state index contributed by atoms with van der Waals surface area (Å²) in [6.45, 7) is 3.95. The molecular formula is C13H17IN2O. The second kappa shape index (κ2) is 5.71. The van der Waals surface area contributed by atoms with E-state index in [1.54, 1.807) is 0 Å². The highest BCUT2D eigenvalue weighted by atomic mass is 127. The van der Waals surface area contributed by atoms with Crippen molar-refractivity contribution in [1.29, 1.82) is 0 Å². The van der Waals surface area contributed by atoms with Crippen LogP contribution in [0.4, 0.5) is 10.5 Å². The Morgan fingerprint density at radius 3 is 3.06 bits per heavy atom. The number of hydrogen-bond donors (Lipinski definition) is 1. The van der Waals surface area contributed by atoms with Gasteiger partial charge in [-0.25, -0.2) is 4.79 Å². The molecule has 1 heterocycles. The van der Waals surface area contributed by atoms with Crippen LogP contribution < -0.4 is 5.32 Å². The topological polar surface area (TPSA) is 32.3 Å². The highest BCUT2D eigenvalue weighted by molar-refractivity contribution is 14.1. The Bertz CT molecular complexity index is 408. The largest absolute Gasteiger partial charge is 0.324 e. The van der Waals surface area contributed by atoms with Gasteiger partial charge in [-0.2, -0.15) is 0 Å². The van der Waals surface area contributed by atoms with E-state index in [0.717, 1.165) is 28.8 Å². The number of nitrogens with one attached hydrogen (secondary N) is 1. The summed E-state index contributed by atoms with van der Waals surface area (Å²) in [4.78, 5) is 13.9. The van der Waals surface area contributed by atoms with Crippen molar-refractivity contribution in [2.24, 2.45) is 5.92 Å². The fourth-order valence-electron chi connectivity index (χ4n) is 2.14. The minimum atomic E-state index is 0.0264. The van der Waals surface area contributed by atoms with E-state index in [1.165, 1.54) is 6.42 Å². The van der Waals surface area contributed by atoms with Crippen molar-refractivity contribution in [3.63, 3.8) is 0 Å². The smallest absolute Gasteiger partial charge is 0.321 e. The molecule has 1 atom stereocenters. The third-order valence-electron chi connectivity index (χ3n) is 3.02. The summed E-state index contributed by atoms with van der Waals surface area (Å²) in [6, 6.07) is 7.90. The van der Waals surface area contributed by atoms with Gasteiger partial charge < -0.3 is 10.2 Å². The van der Waals surface area contributed by atoms with E-state index in [0.29, 0.717) is 5.92 Å². The van der Waals surface area contributed by atoms with E-state index in [9.17, 15) is 4.79 Å². The van der Waals surface area contributed by atoms with Crippen LogP contribution in [0.5, 0.6) is 0 Å². The zero-order valence-electron chi connectivity index (χ0n) is 9.95. The first-order valence-electron chi connectivity index (χ1n) is 5.96. The molecule has 1 N–H and O–H groups in total. The van der Waals surface area contributed by atoms with Gasteiger partial charge in [-0.15, -0.1) is 0 Å². The Morgan fingerprint density at radius 1 is 1.53 bits per heavy atom. The van der Waals surface area contributed by atoms with E-state index in [2.05, 4.69) is 34.8 Å². The first kappa shape index (κ1) is 12.7. The maximum Gasteiger partial charge on any atom is 0.321 e. The average molecular weight is 344 g/mol. The number of piperidine rings is 1. The van der Waals surface area contributed by atoms with Gasteiger partial charge in [0.05, 0.1) is 0 Å². The van der Waals surface area contributed by atoms with Gasteiger partial charge in [-0.3, -0.25) is 0 Å². The predicted octanol–water partition coefficient (Wildman–Crippen LogP) is 3.56. The number of likely N-dealkylation sites (tertiary alicyclic amines) is 1. The van der Waals surface area contributed by atoms with Gasteiger partial charge in [0.2, 0.25) is 0 Å². The van der Waals surface area contributed by atoms with Crippen molar-refractivity contribution >= 4 is 34.3 Å². The molecule has 17 heavy (non-hydrogen) atoms. The molecule has 0 spiro atoms. The molecule has 0 unspecified atom stereocenters. The number of anilines is 1. The van der Waals surface area contributed by atoms with E-state index in [1.807, 2.05) is 29.2 Å². The van der Waals surface area contributed by atoms with Crippen LogP contribution in [0.15, 0.2) is 24.3 Å². The van der Waals surface area contributed by atoms with Crippen molar-refractivity contribution in [3.05, 3.63) is 27.8 Å². The number of halogens is 1. The van der Waals surface area contributed by atoms with Crippen molar-refractivity contribution in [1.82, 2.24) is 4.90 Å². The quantitative estimate of drug-likeness (QED) is 0.777. The minimum Gasteiger partial charge on any atom is -0.324 e. The van der Waals surface area contributed by atoms with Crippen LogP contribution >= 0.6 is 22.6 Å². The van der Waals surface area contributed by atoms with E-state index in [-0.39, 0.29) is 6.03 Å². The van der Waals surface area contributed by atoms with Gasteiger partial charge in [0, 0.05) is 22.3 Å². The Hall–Kier alpha value is -0.780. The molecule has 0 saturated carbocycles. The molecule has 0 bridgehead atoms. The zero-order chi connectivity index (χ0) is 12.3. The highest BCUT2D eigenvalue weighted by Gasteiger charge is 2.20. The molecule has 1 aliphatic rings. The van der Waals surface area contributed by atoms with Crippen LogP contribution in [0.1, 0.15) is 19.8 Å². The van der Waals surface area contributed by atoms with Gasteiger partial charge in [-0.1, -0.05) is 13.0 Å². The Balaban J connectivity index is 1.96. The zero-order valence-corrected chi connectivity index (χ0v) is 12.1. The number of carbonyl (C=O) groups excluding carboxylic acids is 1. The van der Waals surface area contributed by atoms with Crippen LogP contribution in [0.25, 0.3) is 0 Å². The monoisotopic (exact) mass is 344 g/mol. The van der Waals surface area contributed by atoms with Crippen LogP contribution in [-0.2, 0) is 0 Å². The van der Waals surface area contributed by atoms with Gasteiger partial charge in [0.1, 0.15) is 0 Å². The number of hydrogen-bond acceptors (Lipinski definition) is 1. The van der Waals surface area contributed by atoms with Crippen LogP contribution in [0.3, 0.4) is 0 Å². The van der Waals surface area contributed by atoms with E-state index < -0.39 is 0 Å². The van der Waals surface area contributed by atoms with Crippen molar-refractivity contribution in [2.45, 2.75) is 19.8 Å². The minimum absolute atomic E-state index is 0.0264. The van der Waals surface area contributed by atoms with Crippen LogP contribution in [0.2, 0.25) is 0 Å². The first-order chi connectivity index (χ1) is 8.15. The number of carbonyl (C=O) groups is 1. The summed E-state index contributed by atoms with van der Waals surface area (Å²) >= 11 is 2.25. The molecule has 2 rings (SSSR count). The number of rotatable bonds is 1. The van der Waals surface area contributed by atoms with Crippen LogP contribution in [-0.4, -0.2) is 24.0 Å². The molecule has 3 nitrogen and oxygen atoms in total. The predicted molar refractivity (Wildman–Crippen MR) is 78.1 cm³/mol. The first-order valence-corrected chi connectivity index (χ1v) is 7.04. The molecule has 1 fully saturated rings. The molecule has 1 aromatic rings. The van der Waals surface area contributed by atoms with Gasteiger partial charge in [0.15, 0.2) is 0 Å². The van der Waals surface area contributed by atoms with E-state index in [4.69, 9.17) is 0 Å². The summed E-state index contributed by atoms with van der Waals surface area (Å²) in [7, 11) is 0. The highest BCUT2D eigenvalue weighted by Crippen LogP contribution is 2.17. The number of benzene rings is 1. The molecule has 1 aromatic carbocycles. The number of nitrogens with zero attached hydrogens (tertiary/aromatic N) is 1. The lowest BCUT2D eigenvalue weighted by Crippen LogP contribution is -2.41. The third kappa shape index (κ3) is 3.59. The molecular weight excluding hydrogens is 327 g/mol. The molecule has 4 heteroatoms. The molecule has 0 aliphatic carbocycles. The van der Waals surface area contributed by atoms with Crippen molar-refractivity contribution < 1.29 is 4.79 Å². The van der Waals surface area contributed by atoms with Gasteiger partial charge in [-0.05, 0) is 59.5 Å². The summed E-state index contributed by atoms with van der Waals surface area (Å²) < 4.78 is 1.13. The summed E-state index contributed by atoms with van der Waals surface area (Å²) in [5.41, 5.74) is 0.875. The van der Waals surface area contributed by atoms with Crippen molar-refractivity contribution in [2.75, 3.05) is 18.4 Å². The summed E-state index contributed by atoms with van der Waals surface area (Å²) in [6.07, 6.45) is 2.34. The molecule has 0 aromatic heterocycles. The summed E-state index contributed by atoms with van der Waals surface area (Å²) in [5.74, 6) is 0.616. The van der Waals surface area contributed by atoms with Crippen molar-refractivity contribution in [3.8, 4) is 0 Å². The maximum atomic E-state index is 12.0. The second-order valence-electron chi connectivity index (χ2n) is 4.63. The van der Waals surface area contributed by atoms with Gasteiger partial charge >= 0.3 is 6.03 Å². The Labute approximate surface area is 116 Å². The molecule has 1 aliphatic heterocycles. The third-order valence-corrected chi connectivity index (χ3v) is 3.69. The summed E-state index contributed by atoms with van der Waals surface area (Å²) in [5, 5.41) is 2.96. The standard InChI is InChI=1S/C13H17IN2O/c1-10-4-3-7-16(9-10)13(17)15-12-6-2-5-11(14)8-12/h2,5-6,8,10H,3-4,7,9H2,1H3,(H,15,17)/t10-/m0/s1. The lowest BCUT2D eigenvalue weighted by Gasteiger charge is -2.30. The number of amides is 2.